The third-order valence-corrected chi connectivity index (χ3v) is 4.91. The summed E-state index contributed by atoms with van der Waals surface area (Å²) < 4.78 is 5.14. The summed E-state index contributed by atoms with van der Waals surface area (Å²) in [6.07, 6.45) is 6.61. The number of hydrogen-bond acceptors (Lipinski definition) is 4. The zero-order valence-electron chi connectivity index (χ0n) is 12.0. The van der Waals surface area contributed by atoms with E-state index in [0.29, 0.717) is 17.0 Å². The lowest BCUT2D eigenvalue weighted by molar-refractivity contribution is 0.0928. The first-order chi connectivity index (χ1) is 9.62. The monoisotopic (exact) mass is 294 g/mol. The molecule has 0 atom stereocenters. The second-order valence-corrected chi connectivity index (χ2v) is 6.32. The molecule has 0 saturated heterocycles. The van der Waals surface area contributed by atoms with Crippen LogP contribution in [-0.2, 0) is 0 Å². The summed E-state index contributed by atoms with van der Waals surface area (Å²) in [5, 5.41) is 3.84. The van der Waals surface area contributed by atoms with Gasteiger partial charge in [-0.3, -0.25) is 4.79 Å². The van der Waals surface area contributed by atoms with Gasteiger partial charge in [0.2, 0.25) is 0 Å². The normalized spacial score (nSPS) is 22.3. The van der Waals surface area contributed by atoms with Crippen LogP contribution in [-0.4, -0.2) is 30.6 Å². The zero-order chi connectivity index (χ0) is 14.5. The first-order valence-corrected chi connectivity index (χ1v) is 8.19. The van der Waals surface area contributed by atoms with Gasteiger partial charge in [0.15, 0.2) is 0 Å². The number of nitrogen functional groups attached to an aromatic ring is 1. The number of nitrogens with one attached hydrogen (secondary N) is 1. The number of carbonyl (C=O) groups excluding carboxylic acids is 1. The van der Waals surface area contributed by atoms with Crippen LogP contribution in [0.5, 0.6) is 5.75 Å². The third-order valence-electron chi connectivity index (χ3n) is 3.77. The number of nitrogens with two attached hydrogens (primary N) is 1. The average molecular weight is 294 g/mol. The lowest BCUT2D eigenvalue weighted by Gasteiger charge is -2.28. The highest BCUT2D eigenvalue weighted by Crippen LogP contribution is 2.27. The Morgan fingerprint density at radius 3 is 2.60 bits per heavy atom. The van der Waals surface area contributed by atoms with Gasteiger partial charge in [-0.15, -0.1) is 0 Å². The predicted molar refractivity (Wildman–Crippen MR) is 84.4 cm³/mol. The molecule has 0 unspecified atom stereocenters. The maximum absolute atomic E-state index is 12.3. The third kappa shape index (κ3) is 3.82. The molecule has 5 heteroatoms. The predicted octanol–water partition coefficient (Wildman–Crippen LogP) is 2.68. The molecule has 0 heterocycles. The first-order valence-electron chi connectivity index (χ1n) is 6.90. The molecule has 0 bridgehead atoms. The van der Waals surface area contributed by atoms with Crippen molar-refractivity contribution in [2.75, 3.05) is 19.1 Å². The molecule has 1 aromatic rings. The Morgan fingerprint density at radius 1 is 1.30 bits per heavy atom. The summed E-state index contributed by atoms with van der Waals surface area (Å²) in [5.74, 6) is 0.546. The number of benzene rings is 1. The molecular formula is C15H22N2O2S. The largest absolute Gasteiger partial charge is 0.497 e. The highest BCUT2D eigenvalue weighted by molar-refractivity contribution is 7.99. The van der Waals surface area contributed by atoms with Crippen LogP contribution < -0.4 is 15.8 Å². The molecule has 2 rings (SSSR count). The van der Waals surface area contributed by atoms with Crippen molar-refractivity contribution in [2.24, 2.45) is 0 Å². The van der Waals surface area contributed by atoms with Gasteiger partial charge in [0.1, 0.15) is 5.75 Å². The van der Waals surface area contributed by atoms with E-state index < -0.39 is 0 Å². The summed E-state index contributed by atoms with van der Waals surface area (Å²) in [7, 11) is 1.57. The lowest BCUT2D eigenvalue weighted by Crippen LogP contribution is -2.38. The van der Waals surface area contributed by atoms with E-state index in [1.54, 1.807) is 25.3 Å². The topological polar surface area (TPSA) is 64.3 Å². The number of carbonyl (C=O) groups is 1. The molecule has 1 aromatic carbocycles. The fourth-order valence-corrected chi connectivity index (χ4v) is 3.33. The van der Waals surface area contributed by atoms with Crippen LogP contribution in [0.25, 0.3) is 0 Å². The molecular weight excluding hydrogens is 272 g/mol. The van der Waals surface area contributed by atoms with E-state index >= 15 is 0 Å². The number of methoxy groups -OCH3 is 1. The van der Waals surface area contributed by atoms with Crippen LogP contribution in [0, 0.1) is 0 Å². The summed E-state index contributed by atoms with van der Waals surface area (Å²) in [4.78, 5) is 12.3. The molecule has 0 aromatic heterocycles. The summed E-state index contributed by atoms with van der Waals surface area (Å²) >= 11 is 1.92. The minimum atomic E-state index is -0.0665. The number of ether oxygens (including phenoxy) is 1. The summed E-state index contributed by atoms with van der Waals surface area (Å²) in [6, 6.07) is 5.39. The van der Waals surface area contributed by atoms with Crippen molar-refractivity contribution in [3.05, 3.63) is 23.8 Å². The van der Waals surface area contributed by atoms with Crippen molar-refractivity contribution in [1.82, 2.24) is 5.32 Å². The fraction of sp³-hybridized carbons (Fsp3) is 0.533. The van der Waals surface area contributed by atoms with Crippen LogP contribution in [0.4, 0.5) is 5.69 Å². The highest BCUT2D eigenvalue weighted by atomic mass is 32.2. The molecule has 0 aliphatic heterocycles. The van der Waals surface area contributed by atoms with E-state index in [1.807, 2.05) is 11.8 Å². The Morgan fingerprint density at radius 2 is 2.00 bits per heavy atom. The van der Waals surface area contributed by atoms with Gasteiger partial charge in [-0.05, 0) is 44.1 Å². The van der Waals surface area contributed by atoms with Crippen molar-refractivity contribution in [3.8, 4) is 5.75 Å². The zero-order valence-corrected chi connectivity index (χ0v) is 12.8. The van der Waals surface area contributed by atoms with Crippen LogP contribution in [0.1, 0.15) is 36.0 Å². The van der Waals surface area contributed by atoms with Crippen LogP contribution in [0.2, 0.25) is 0 Å². The lowest BCUT2D eigenvalue weighted by atomic mass is 9.94. The van der Waals surface area contributed by atoms with Crippen molar-refractivity contribution in [3.63, 3.8) is 0 Å². The molecule has 0 spiro atoms. The van der Waals surface area contributed by atoms with E-state index in [0.717, 1.165) is 18.1 Å². The molecule has 110 valence electrons. The molecule has 1 aliphatic carbocycles. The first kappa shape index (κ1) is 15.0. The van der Waals surface area contributed by atoms with E-state index in [1.165, 1.54) is 12.8 Å². The van der Waals surface area contributed by atoms with Gasteiger partial charge in [-0.25, -0.2) is 0 Å². The average Bonchev–Trinajstić information content (AvgIpc) is 2.47. The van der Waals surface area contributed by atoms with Crippen molar-refractivity contribution in [2.45, 2.75) is 37.0 Å². The van der Waals surface area contributed by atoms with Crippen LogP contribution in [0.3, 0.4) is 0 Å². The van der Waals surface area contributed by atoms with E-state index in [4.69, 9.17) is 10.5 Å². The Hall–Kier alpha value is -1.36. The van der Waals surface area contributed by atoms with Gasteiger partial charge >= 0.3 is 0 Å². The number of amides is 1. The number of hydrogen-bond donors (Lipinski definition) is 2. The quantitative estimate of drug-likeness (QED) is 0.838. The van der Waals surface area contributed by atoms with E-state index in [2.05, 4.69) is 11.6 Å². The maximum atomic E-state index is 12.3. The minimum Gasteiger partial charge on any atom is -0.497 e. The van der Waals surface area contributed by atoms with Crippen molar-refractivity contribution < 1.29 is 9.53 Å². The Kier molecular flexibility index (Phi) is 5.17. The van der Waals surface area contributed by atoms with Gasteiger partial charge < -0.3 is 15.8 Å². The van der Waals surface area contributed by atoms with Gasteiger partial charge in [-0.1, -0.05) is 0 Å². The van der Waals surface area contributed by atoms with Crippen LogP contribution >= 0.6 is 11.8 Å². The molecule has 4 nitrogen and oxygen atoms in total. The molecule has 1 saturated carbocycles. The Labute approximate surface area is 124 Å². The van der Waals surface area contributed by atoms with Crippen molar-refractivity contribution >= 4 is 23.4 Å². The number of anilines is 1. The minimum absolute atomic E-state index is 0.0665. The Bertz CT molecular complexity index is 471. The van der Waals surface area contributed by atoms with E-state index in [9.17, 15) is 4.79 Å². The molecule has 20 heavy (non-hydrogen) atoms. The molecule has 1 aliphatic rings. The second-order valence-electron chi connectivity index (χ2n) is 5.18. The van der Waals surface area contributed by atoms with Crippen LogP contribution in [0.15, 0.2) is 18.2 Å². The SMILES string of the molecule is COc1cc(N)cc(C(=O)NC2CCC(SC)CC2)c1. The molecule has 1 fully saturated rings. The second kappa shape index (κ2) is 6.88. The highest BCUT2D eigenvalue weighted by Gasteiger charge is 2.22. The standard InChI is InChI=1S/C15H22N2O2S/c1-19-13-8-10(7-11(16)9-13)15(18)17-12-3-5-14(20-2)6-4-12/h7-9,12,14H,3-6,16H2,1-2H3,(H,17,18). The maximum Gasteiger partial charge on any atom is 0.251 e. The molecule has 1 amide bonds. The van der Waals surface area contributed by atoms with Gasteiger partial charge in [0.25, 0.3) is 5.91 Å². The Balaban J connectivity index is 1.97. The van der Waals surface area contributed by atoms with Gasteiger partial charge in [-0.2, -0.15) is 11.8 Å². The van der Waals surface area contributed by atoms with Gasteiger partial charge in [0, 0.05) is 28.6 Å². The van der Waals surface area contributed by atoms with Gasteiger partial charge in [0.05, 0.1) is 7.11 Å². The van der Waals surface area contributed by atoms with E-state index in [-0.39, 0.29) is 11.9 Å². The molecule has 3 N–H and O–H groups in total. The number of rotatable bonds is 4. The smallest absolute Gasteiger partial charge is 0.251 e. The fourth-order valence-electron chi connectivity index (χ4n) is 2.58. The van der Waals surface area contributed by atoms with Crippen molar-refractivity contribution in [1.29, 1.82) is 0 Å². The summed E-state index contributed by atoms with van der Waals surface area (Å²) in [5.41, 5.74) is 6.89. The molecule has 0 radical (unpaired) electrons. The summed E-state index contributed by atoms with van der Waals surface area (Å²) in [6.45, 7) is 0. The number of thioether (sulfide) groups is 1.